The van der Waals surface area contributed by atoms with Crippen LogP contribution >= 0.6 is 15.9 Å². The molecule has 1 unspecified atom stereocenters. The second-order valence-electron chi connectivity index (χ2n) is 2.82. The van der Waals surface area contributed by atoms with Crippen molar-refractivity contribution in [2.24, 2.45) is 0 Å². The van der Waals surface area contributed by atoms with E-state index in [0.29, 0.717) is 13.0 Å². The van der Waals surface area contributed by atoms with E-state index in [0.717, 1.165) is 12.1 Å². The van der Waals surface area contributed by atoms with Gasteiger partial charge in [-0.05, 0) is 12.8 Å². The maximum atomic E-state index is 11.8. The van der Waals surface area contributed by atoms with Crippen molar-refractivity contribution < 1.29 is 4.39 Å². The quantitative estimate of drug-likeness (QED) is 0.751. The van der Waals surface area contributed by atoms with E-state index in [9.17, 15) is 4.39 Å². The summed E-state index contributed by atoms with van der Waals surface area (Å²) in [5.41, 5.74) is 0.918. The van der Waals surface area contributed by atoms with Crippen molar-refractivity contribution >= 4 is 15.9 Å². The molecular weight excluding hydrogens is 237 g/mol. The van der Waals surface area contributed by atoms with Crippen LogP contribution in [0.25, 0.3) is 0 Å². The van der Waals surface area contributed by atoms with Crippen LogP contribution in [-0.4, -0.2) is 21.7 Å². The molecule has 0 aromatic carbocycles. The molecule has 0 aliphatic rings. The highest BCUT2D eigenvalue weighted by atomic mass is 79.9. The molecule has 1 rings (SSSR count). The molecule has 0 N–H and O–H groups in total. The van der Waals surface area contributed by atoms with E-state index in [1.165, 1.54) is 0 Å². The molecule has 13 heavy (non-hydrogen) atoms. The zero-order valence-corrected chi connectivity index (χ0v) is 9.17. The van der Waals surface area contributed by atoms with E-state index in [4.69, 9.17) is 0 Å². The van der Waals surface area contributed by atoms with E-state index in [2.05, 4.69) is 33.2 Å². The summed E-state index contributed by atoms with van der Waals surface area (Å²) in [4.78, 5) is 0.256. The average Bonchev–Trinajstić information content (AvgIpc) is 2.62. The molecule has 0 spiro atoms. The first kappa shape index (κ1) is 10.6. The van der Waals surface area contributed by atoms with Gasteiger partial charge in [0.25, 0.3) is 0 Å². The molecule has 0 aliphatic carbocycles. The fourth-order valence-electron chi connectivity index (χ4n) is 0.997. The van der Waals surface area contributed by atoms with E-state index in [1.54, 1.807) is 4.68 Å². The van der Waals surface area contributed by atoms with Gasteiger partial charge in [-0.3, -0.25) is 9.07 Å². The maximum absolute atomic E-state index is 11.8. The smallest absolute Gasteiger partial charge is 0.0963 e. The molecule has 0 aliphatic heterocycles. The molecule has 1 aromatic heterocycles. The largest absolute Gasteiger partial charge is 0.252 e. The predicted octanol–water partition coefficient (Wildman–Crippen LogP) is 2.48. The predicted molar refractivity (Wildman–Crippen MR) is 52.6 cm³/mol. The van der Waals surface area contributed by atoms with Gasteiger partial charge in [0, 0.05) is 12.7 Å². The third-order valence-corrected chi connectivity index (χ3v) is 2.87. The van der Waals surface area contributed by atoms with Crippen molar-refractivity contribution in [3.8, 4) is 0 Å². The Kier molecular flexibility index (Phi) is 4.35. The minimum absolute atomic E-state index is 0.256. The molecule has 0 saturated heterocycles. The molecule has 1 atom stereocenters. The number of hydrogen-bond acceptors (Lipinski definition) is 2. The summed E-state index contributed by atoms with van der Waals surface area (Å²) in [5.74, 6) is 0. The van der Waals surface area contributed by atoms with E-state index < -0.39 is 0 Å². The Labute approximate surface area is 85.4 Å². The van der Waals surface area contributed by atoms with Gasteiger partial charge in [0.1, 0.15) is 0 Å². The minimum Gasteiger partial charge on any atom is -0.252 e. The average molecular weight is 250 g/mol. The van der Waals surface area contributed by atoms with Gasteiger partial charge in [0.2, 0.25) is 0 Å². The molecule has 0 amide bonds. The number of aromatic nitrogens is 3. The van der Waals surface area contributed by atoms with Crippen LogP contribution in [0.15, 0.2) is 6.20 Å². The van der Waals surface area contributed by atoms with Crippen LogP contribution in [0.5, 0.6) is 0 Å². The molecule has 1 aromatic rings. The molecular formula is C8H13BrFN3. The standard InChI is InChI=1S/C8H13BrFN3/c1-2-7(9)8-6-13(12-11-8)5-3-4-10/h6-7H,2-5H2,1H3. The van der Waals surface area contributed by atoms with E-state index in [-0.39, 0.29) is 11.5 Å². The first-order chi connectivity index (χ1) is 6.27. The third-order valence-electron chi connectivity index (χ3n) is 1.76. The summed E-state index contributed by atoms with van der Waals surface area (Å²) in [6, 6.07) is 0. The number of halogens is 2. The van der Waals surface area contributed by atoms with Gasteiger partial charge < -0.3 is 0 Å². The third kappa shape index (κ3) is 3.06. The van der Waals surface area contributed by atoms with Crippen LogP contribution in [0.1, 0.15) is 30.3 Å². The lowest BCUT2D eigenvalue weighted by molar-refractivity contribution is 0.431. The first-order valence-electron chi connectivity index (χ1n) is 4.38. The highest BCUT2D eigenvalue weighted by Crippen LogP contribution is 2.23. The van der Waals surface area contributed by atoms with Gasteiger partial charge >= 0.3 is 0 Å². The zero-order chi connectivity index (χ0) is 9.68. The monoisotopic (exact) mass is 249 g/mol. The topological polar surface area (TPSA) is 30.7 Å². The highest BCUT2D eigenvalue weighted by Gasteiger charge is 2.08. The summed E-state index contributed by atoms with van der Waals surface area (Å²) < 4.78 is 13.5. The number of aryl methyl sites for hydroxylation is 1. The van der Waals surface area contributed by atoms with Crippen LogP contribution < -0.4 is 0 Å². The lowest BCUT2D eigenvalue weighted by atomic mass is 10.3. The van der Waals surface area contributed by atoms with Gasteiger partial charge in [0.05, 0.1) is 17.2 Å². The van der Waals surface area contributed by atoms with Gasteiger partial charge in [-0.1, -0.05) is 28.1 Å². The van der Waals surface area contributed by atoms with Crippen molar-refractivity contribution in [1.29, 1.82) is 0 Å². The Balaban J connectivity index is 2.53. The van der Waals surface area contributed by atoms with E-state index in [1.807, 2.05) is 6.20 Å². The fourth-order valence-corrected chi connectivity index (χ4v) is 1.21. The lowest BCUT2D eigenvalue weighted by Gasteiger charge is -1.99. The molecule has 3 nitrogen and oxygen atoms in total. The summed E-state index contributed by atoms with van der Waals surface area (Å²) in [6.45, 7) is 2.37. The molecule has 0 saturated carbocycles. The molecule has 5 heteroatoms. The Morgan fingerprint density at radius 2 is 2.46 bits per heavy atom. The van der Waals surface area contributed by atoms with Crippen LogP contribution in [-0.2, 0) is 6.54 Å². The van der Waals surface area contributed by atoms with Crippen LogP contribution in [0.2, 0.25) is 0 Å². The maximum Gasteiger partial charge on any atom is 0.0963 e. The number of alkyl halides is 2. The van der Waals surface area contributed by atoms with Crippen molar-refractivity contribution in [2.75, 3.05) is 6.67 Å². The second-order valence-corrected chi connectivity index (χ2v) is 3.93. The van der Waals surface area contributed by atoms with Crippen LogP contribution in [0.4, 0.5) is 4.39 Å². The van der Waals surface area contributed by atoms with Crippen molar-refractivity contribution in [1.82, 2.24) is 15.0 Å². The Bertz CT molecular complexity index is 251. The highest BCUT2D eigenvalue weighted by molar-refractivity contribution is 9.09. The zero-order valence-electron chi connectivity index (χ0n) is 7.58. The Morgan fingerprint density at radius 1 is 1.69 bits per heavy atom. The number of rotatable bonds is 5. The molecule has 0 fully saturated rings. The summed E-state index contributed by atoms with van der Waals surface area (Å²) >= 11 is 3.48. The van der Waals surface area contributed by atoms with Gasteiger partial charge in [-0.25, -0.2) is 0 Å². The normalized spacial score (nSPS) is 13.2. The van der Waals surface area contributed by atoms with Crippen LogP contribution in [0.3, 0.4) is 0 Å². The summed E-state index contributed by atoms with van der Waals surface area (Å²) in [5, 5.41) is 7.88. The number of hydrogen-bond donors (Lipinski definition) is 0. The van der Waals surface area contributed by atoms with Crippen molar-refractivity contribution in [2.45, 2.75) is 31.1 Å². The second kappa shape index (κ2) is 5.32. The van der Waals surface area contributed by atoms with Gasteiger partial charge in [0.15, 0.2) is 0 Å². The van der Waals surface area contributed by atoms with E-state index >= 15 is 0 Å². The molecule has 0 bridgehead atoms. The van der Waals surface area contributed by atoms with Gasteiger partial charge in [-0.2, -0.15) is 0 Å². The van der Waals surface area contributed by atoms with Crippen LogP contribution in [0, 0.1) is 0 Å². The summed E-state index contributed by atoms with van der Waals surface area (Å²) in [6.07, 6.45) is 3.34. The first-order valence-corrected chi connectivity index (χ1v) is 5.29. The molecule has 74 valence electrons. The lowest BCUT2D eigenvalue weighted by Crippen LogP contribution is -1.99. The van der Waals surface area contributed by atoms with Crippen molar-refractivity contribution in [3.05, 3.63) is 11.9 Å². The molecule has 1 heterocycles. The fraction of sp³-hybridized carbons (Fsp3) is 0.750. The number of nitrogens with zero attached hydrogens (tertiary/aromatic N) is 3. The summed E-state index contributed by atoms with van der Waals surface area (Å²) in [7, 11) is 0. The Hall–Kier alpha value is -0.450. The SMILES string of the molecule is CCC(Br)c1cn(CCCF)nn1. The molecule has 0 radical (unpaired) electrons. The minimum atomic E-state index is -0.305. The Morgan fingerprint density at radius 3 is 3.08 bits per heavy atom. The van der Waals surface area contributed by atoms with Crippen molar-refractivity contribution in [3.63, 3.8) is 0 Å². The van der Waals surface area contributed by atoms with Gasteiger partial charge in [-0.15, -0.1) is 5.10 Å².